The Hall–Kier alpha value is -3.57. The van der Waals surface area contributed by atoms with Crippen molar-refractivity contribution in [3.8, 4) is 11.8 Å². The van der Waals surface area contributed by atoms with Gasteiger partial charge in [-0.25, -0.2) is 13.4 Å². The zero-order valence-corrected chi connectivity index (χ0v) is 15.9. The van der Waals surface area contributed by atoms with E-state index in [4.69, 9.17) is 10.00 Å². The van der Waals surface area contributed by atoms with Crippen LogP contribution in [0, 0.1) is 11.3 Å². The van der Waals surface area contributed by atoms with Gasteiger partial charge in [0.15, 0.2) is 0 Å². The highest BCUT2D eigenvalue weighted by Gasteiger charge is 2.15. The van der Waals surface area contributed by atoms with Crippen LogP contribution in [-0.4, -0.2) is 20.0 Å². The van der Waals surface area contributed by atoms with Crippen LogP contribution in [-0.2, 0) is 10.0 Å². The molecule has 2 aromatic carbocycles. The van der Waals surface area contributed by atoms with E-state index in [1.54, 1.807) is 42.5 Å². The van der Waals surface area contributed by atoms with Gasteiger partial charge in [0.1, 0.15) is 17.6 Å². The number of hydrogen-bond donors (Lipinski definition) is 2. The highest BCUT2D eigenvalue weighted by Crippen LogP contribution is 2.22. The summed E-state index contributed by atoms with van der Waals surface area (Å²) in [6.07, 6.45) is 1.49. The topological polar surface area (TPSA) is 104 Å². The third-order valence-corrected chi connectivity index (χ3v) is 5.14. The number of nitriles is 1. The molecule has 3 rings (SSSR count). The Morgan fingerprint density at radius 2 is 1.82 bits per heavy atom. The van der Waals surface area contributed by atoms with Crippen LogP contribution in [0.4, 0.5) is 17.2 Å². The van der Waals surface area contributed by atoms with Gasteiger partial charge in [-0.2, -0.15) is 5.26 Å². The predicted molar refractivity (Wildman–Crippen MR) is 107 cm³/mol. The van der Waals surface area contributed by atoms with Crippen LogP contribution in [0.5, 0.6) is 5.75 Å². The predicted octanol–water partition coefficient (Wildman–Crippen LogP) is 3.90. The van der Waals surface area contributed by atoms with Crippen LogP contribution in [0.25, 0.3) is 0 Å². The molecule has 0 bridgehead atoms. The van der Waals surface area contributed by atoms with Crippen molar-refractivity contribution < 1.29 is 13.2 Å². The van der Waals surface area contributed by atoms with Crippen molar-refractivity contribution in [2.45, 2.75) is 11.8 Å². The van der Waals surface area contributed by atoms with E-state index in [9.17, 15) is 8.42 Å². The molecule has 8 heteroatoms. The monoisotopic (exact) mass is 394 g/mol. The van der Waals surface area contributed by atoms with Crippen molar-refractivity contribution in [2.24, 2.45) is 0 Å². The summed E-state index contributed by atoms with van der Waals surface area (Å²) in [6, 6.07) is 18.6. The second-order valence-corrected chi connectivity index (χ2v) is 7.41. The van der Waals surface area contributed by atoms with Gasteiger partial charge >= 0.3 is 0 Å². The van der Waals surface area contributed by atoms with Crippen LogP contribution in [0.3, 0.4) is 0 Å². The molecule has 0 unspecified atom stereocenters. The molecule has 0 spiro atoms. The molecule has 0 saturated heterocycles. The summed E-state index contributed by atoms with van der Waals surface area (Å²) in [6.45, 7) is 2.36. The van der Waals surface area contributed by atoms with Gasteiger partial charge < -0.3 is 10.1 Å². The first kappa shape index (κ1) is 19.2. The molecule has 7 nitrogen and oxygen atoms in total. The van der Waals surface area contributed by atoms with Crippen LogP contribution in [0.15, 0.2) is 71.8 Å². The first-order valence-corrected chi connectivity index (χ1v) is 9.98. The summed E-state index contributed by atoms with van der Waals surface area (Å²) in [7, 11) is -3.76. The second-order valence-electron chi connectivity index (χ2n) is 5.72. The van der Waals surface area contributed by atoms with Crippen molar-refractivity contribution in [3.05, 3.63) is 72.4 Å². The Morgan fingerprint density at radius 3 is 2.46 bits per heavy atom. The maximum atomic E-state index is 12.5. The summed E-state index contributed by atoms with van der Waals surface area (Å²) in [5, 5.41) is 12.2. The summed E-state index contributed by atoms with van der Waals surface area (Å²) in [5.41, 5.74) is 1.78. The van der Waals surface area contributed by atoms with Crippen molar-refractivity contribution in [2.75, 3.05) is 16.6 Å². The number of rotatable bonds is 7. The van der Waals surface area contributed by atoms with E-state index in [1.165, 1.54) is 18.3 Å². The Balaban J connectivity index is 1.72. The first-order valence-electron chi connectivity index (χ1n) is 8.49. The molecular weight excluding hydrogens is 376 g/mol. The third kappa shape index (κ3) is 4.58. The smallest absolute Gasteiger partial charge is 0.263 e. The quantitative estimate of drug-likeness (QED) is 0.630. The summed E-state index contributed by atoms with van der Waals surface area (Å²) in [4.78, 5) is 4.24. The van der Waals surface area contributed by atoms with Gasteiger partial charge in [-0.15, -0.1) is 0 Å². The molecule has 0 aliphatic heterocycles. The molecule has 142 valence electrons. The number of pyridine rings is 1. The van der Waals surface area contributed by atoms with E-state index >= 15 is 0 Å². The van der Waals surface area contributed by atoms with Crippen LogP contribution < -0.4 is 14.8 Å². The number of aromatic nitrogens is 1. The first-order chi connectivity index (χ1) is 13.5. The fourth-order valence-electron chi connectivity index (χ4n) is 2.45. The third-order valence-electron chi connectivity index (χ3n) is 3.77. The van der Waals surface area contributed by atoms with Gasteiger partial charge in [-0.3, -0.25) is 4.72 Å². The van der Waals surface area contributed by atoms with Gasteiger partial charge in [0.05, 0.1) is 34.6 Å². The molecule has 28 heavy (non-hydrogen) atoms. The molecule has 0 fully saturated rings. The van der Waals surface area contributed by atoms with E-state index in [2.05, 4.69) is 21.1 Å². The standard InChI is InChI=1S/C20H18N4O3S/c1-2-27-17-8-10-18(11-9-17)28(25,26)24-20-12-7-16(14-22-20)23-19-6-4-3-5-15(19)13-21/h3-12,14,23H,2H2,1H3,(H,22,24). The van der Waals surface area contributed by atoms with E-state index in [0.29, 0.717) is 29.3 Å². The number of para-hydroxylation sites is 1. The minimum Gasteiger partial charge on any atom is -0.494 e. The number of sulfonamides is 1. The van der Waals surface area contributed by atoms with Gasteiger partial charge in [-0.05, 0) is 55.5 Å². The number of ether oxygens (including phenoxy) is 1. The fourth-order valence-corrected chi connectivity index (χ4v) is 3.46. The largest absolute Gasteiger partial charge is 0.494 e. The zero-order valence-electron chi connectivity index (χ0n) is 15.1. The zero-order chi connectivity index (χ0) is 20.0. The second kappa shape index (κ2) is 8.41. The highest BCUT2D eigenvalue weighted by atomic mass is 32.2. The molecule has 1 heterocycles. The Kier molecular flexibility index (Phi) is 5.77. The molecule has 0 atom stereocenters. The lowest BCUT2D eigenvalue weighted by Gasteiger charge is -2.10. The Morgan fingerprint density at radius 1 is 1.07 bits per heavy atom. The van der Waals surface area contributed by atoms with Gasteiger partial charge in [0, 0.05) is 0 Å². The Bertz CT molecular complexity index is 1090. The molecule has 3 aromatic rings. The molecular formula is C20H18N4O3S. The van der Waals surface area contributed by atoms with Crippen LogP contribution >= 0.6 is 0 Å². The van der Waals surface area contributed by atoms with E-state index < -0.39 is 10.0 Å². The van der Waals surface area contributed by atoms with Gasteiger partial charge in [0.25, 0.3) is 10.0 Å². The summed E-state index contributed by atoms with van der Waals surface area (Å²) < 4.78 is 32.7. The molecule has 0 amide bonds. The van der Waals surface area contributed by atoms with Crippen LogP contribution in [0.2, 0.25) is 0 Å². The van der Waals surface area contributed by atoms with Crippen molar-refractivity contribution in [3.63, 3.8) is 0 Å². The maximum absolute atomic E-state index is 12.5. The highest BCUT2D eigenvalue weighted by molar-refractivity contribution is 7.92. The summed E-state index contributed by atoms with van der Waals surface area (Å²) >= 11 is 0. The fraction of sp³-hybridized carbons (Fsp3) is 0.100. The lowest BCUT2D eigenvalue weighted by molar-refractivity contribution is 0.340. The molecule has 2 N–H and O–H groups in total. The number of benzene rings is 2. The van der Waals surface area contributed by atoms with Crippen molar-refractivity contribution in [1.82, 2.24) is 4.98 Å². The minimum absolute atomic E-state index is 0.114. The van der Waals surface area contributed by atoms with E-state index in [-0.39, 0.29) is 10.7 Å². The summed E-state index contributed by atoms with van der Waals surface area (Å²) in [5.74, 6) is 0.792. The molecule has 1 aromatic heterocycles. The average molecular weight is 394 g/mol. The number of nitrogens with zero attached hydrogens (tertiary/aromatic N) is 2. The van der Waals surface area contributed by atoms with E-state index in [0.717, 1.165) is 0 Å². The average Bonchev–Trinajstić information content (AvgIpc) is 2.70. The molecule has 0 saturated carbocycles. The SMILES string of the molecule is CCOc1ccc(S(=O)(=O)Nc2ccc(Nc3ccccc3C#N)cn2)cc1. The van der Waals surface area contributed by atoms with E-state index in [1.807, 2.05) is 13.0 Å². The lowest BCUT2D eigenvalue weighted by atomic mass is 10.2. The number of nitrogens with one attached hydrogen (secondary N) is 2. The van der Waals surface area contributed by atoms with Gasteiger partial charge in [0.2, 0.25) is 0 Å². The molecule has 0 aliphatic carbocycles. The lowest BCUT2D eigenvalue weighted by Crippen LogP contribution is -2.13. The van der Waals surface area contributed by atoms with Crippen molar-refractivity contribution >= 4 is 27.2 Å². The maximum Gasteiger partial charge on any atom is 0.263 e. The van der Waals surface area contributed by atoms with Crippen LogP contribution in [0.1, 0.15) is 12.5 Å². The van der Waals surface area contributed by atoms with Gasteiger partial charge in [-0.1, -0.05) is 12.1 Å². The van der Waals surface area contributed by atoms with Crippen molar-refractivity contribution in [1.29, 1.82) is 5.26 Å². The number of hydrogen-bond acceptors (Lipinski definition) is 6. The normalized spacial score (nSPS) is 10.7. The molecule has 0 aliphatic rings. The molecule has 0 radical (unpaired) electrons. The number of anilines is 3. The Labute approximate surface area is 163 Å². The minimum atomic E-state index is -3.76.